The van der Waals surface area contributed by atoms with Crippen LogP contribution < -0.4 is 0 Å². The van der Waals surface area contributed by atoms with Crippen molar-refractivity contribution in [2.75, 3.05) is 7.05 Å². The van der Waals surface area contributed by atoms with Gasteiger partial charge in [0, 0.05) is 43.0 Å². The van der Waals surface area contributed by atoms with E-state index in [1.165, 1.54) is 16.7 Å². The van der Waals surface area contributed by atoms with Crippen molar-refractivity contribution < 1.29 is 0 Å². The third-order valence-electron chi connectivity index (χ3n) is 3.07. The van der Waals surface area contributed by atoms with Gasteiger partial charge in [0.1, 0.15) is 0 Å². The van der Waals surface area contributed by atoms with Crippen molar-refractivity contribution in [3.8, 4) is 22.3 Å². The summed E-state index contributed by atoms with van der Waals surface area (Å²) in [7, 11) is 1.64. The van der Waals surface area contributed by atoms with E-state index in [9.17, 15) is 0 Å². The zero-order valence-electron chi connectivity index (χ0n) is 12.9. The van der Waals surface area contributed by atoms with Crippen LogP contribution in [0, 0.1) is 6.92 Å². The van der Waals surface area contributed by atoms with Crippen LogP contribution in [0.3, 0.4) is 0 Å². The van der Waals surface area contributed by atoms with Crippen molar-refractivity contribution in [2.45, 2.75) is 6.92 Å². The largest absolute Gasteiger partial charge is 0.304 e. The number of hydrogen-bond donors (Lipinski definition) is 0. The first-order chi connectivity index (χ1) is 10.7. The van der Waals surface area contributed by atoms with Gasteiger partial charge in [-0.05, 0) is 48.5 Å². The number of hydrogen-bond acceptors (Lipinski definition) is 3. The van der Waals surface area contributed by atoms with E-state index in [1.54, 1.807) is 19.4 Å². The summed E-state index contributed by atoms with van der Waals surface area (Å²) in [6.07, 6.45) is 7.37. The van der Waals surface area contributed by atoms with Crippen LogP contribution >= 0.6 is 0 Å². The third-order valence-corrected chi connectivity index (χ3v) is 3.07. The van der Waals surface area contributed by atoms with Crippen LogP contribution in [0.2, 0.25) is 0 Å². The Morgan fingerprint density at radius 3 is 1.64 bits per heavy atom. The number of rotatable bonds is 2. The summed E-state index contributed by atoms with van der Waals surface area (Å²) in [5.74, 6) is 0. The molecule has 0 aliphatic heterocycles. The Morgan fingerprint density at radius 1 is 0.818 bits per heavy atom. The summed E-state index contributed by atoms with van der Waals surface area (Å²) in [5, 5.41) is 0. The van der Waals surface area contributed by atoms with Crippen molar-refractivity contribution in [1.29, 1.82) is 0 Å². The molecule has 3 rings (SSSR count). The molecule has 110 valence electrons. The molecule has 3 aromatic rings. The Labute approximate surface area is 131 Å². The van der Waals surface area contributed by atoms with Crippen LogP contribution in [0.1, 0.15) is 5.56 Å². The average molecular weight is 289 g/mol. The fourth-order valence-electron chi connectivity index (χ4n) is 2.18. The second-order valence-electron chi connectivity index (χ2n) is 4.89. The van der Waals surface area contributed by atoms with Gasteiger partial charge in [-0.15, -0.1) is 0 Å². The Balaban J connectivity index is 0.000000545. The molecule has 2 heterocycles. The molecule has 0 radical (unpaired) electrons. The topological polar surface area (TPSA) is 38.1 Å². The summed E-state index contributed by atoms with van der Waals surface area (Å²) < 4.78 is 0. The SMILES string of the molecule is C=NC.Cc1cc(-c2cccnc2)cc(-c2cccnc2)c1. The van der Waals surface area contributed by atoms with Crippen LogP contribution in [0.4, 0.5) is 0 Å². The molecular formula is C19H19N3. The second kappa shape index (κ2) is 7.84. The lowest BCUT2D eigenvalue weighted by atomic mass is 9.98. The Morgan fingerprint density at radius 2 is 1.27 bits per heavy atom. The first-order valence-electron chi connectivity index (χ1n) is 7.02. The van der Waals surface area contributed by atoms with Crippen LogP contribution in [0.25, 0.3) is 22.3 Å². The molecule has 2 aromatic heterocycles. The first kappa shape index (κ1) is 15.6. The van der Waals surface area contributed by atoms with Crippen LogP contribution in [-0.4, -0.2) is 23.7 Å². The maximum atomic E-state index is 4.18. The summed E-state index contributed by atoms with van der Waals surface area (Å²) in [6.45, 7) is 5.22. The fourth-order valence-corrected chi connectivity index (χ4v) is 2.18. The standard InChI is InChI=1S/C17H14N2.C2H5N/c1-13-8-16(14-4-2-6-18-11-14)10-17(9-13)15-5-3-7-19-12-15;1-3-2/h2-12H,1H3;1H2,2H3. The minimum atomic E-state index is 1.14. The molecule has 0 unspecified atom stereocenters. The number of benzene rings is 1. The summed E-state index contributed by atoms with van der Waals surface area (Å²) in [6, 6.07) is 14.6. The summed E-state index contributed by atoms with van der Waals surface area (Å²) in [5.41, 5.74) is 5.88. The van der Waals surface area contributed by atoms with Crippen molar-refractivity contribution >= 4 is 6.72 Å². The monoisotopic (exact) mass is 289 g/mol. The smallest absolute Gasteiger partial charge is 0.0346 e. The van der Waals surface area contributed by atoms with Gasteiger partial charge in [-0.2, -0.15) is 0 Å². The van der Waals surface area contributed by atoms with E-state index in [2.05, 4.69) is 58.9 Å². The number of aryl methyl sites for hydroxylation is 1. The molecule has 0 bridgehead atoms. The predicted molar refractivity (Wildman–Crippen MR) is 93.1 cm³/mol. The highest BCUT2D eigenvalue weighted by atomic mass is 14.6. The number of nitrogens with zero attached hydrogens (tertiary/aromatic N) is 3. The zero-order valence-corrected chi connectivity index (χ0v) is 12.9. The van der Waals surface area contributed by atoms with Gasteiger partial charge in [0.05, 0.1) is 0 Å². The molecule has 3 nitrogen and oxygen atoms in total. The van der Waals surface area contributed by atoms with Crippen molar-refractivity contribution in [1.82, 2.24) is 9.97 Å². The number of pyridine rings is 2. The molecule has 1 aromatic carbocycles. The number of aromatic nitrogens is 2. The van der Waals surface area contributed by atoms with Crippen LogP contribution in [-0.2, 0) is 0 Å². The normalized spacial score (nSPS) is 9.55. The molecule has 0 atom stereocenters. The highest BCUT2D eigenvalue weighted by Gasteiger charge is 2.03. The van der Waals surface area contributed by atoms with Crippen LogP contribution in [0.5, 0.6) is 0 Å². The highest BCUT2D eigenvalue weighted by molar-refractivity contribution is 5.73. The Hall–Kier alpha value is -2.81. The lowest BCUT2D eigenvalue weighted by molar-refractivity contribution is 1.32. The van der Waals surface area contributed by atoms with Crippen molar-refractivity contribution in [3.63, 3.8) is 0 Å². The lowest BCUT2D eigenvalue weighted by Gasteiger charge is -2.07. The van der Waals surface area contributed by atoms with Gasteiger partial charge < -0.3 is 4.99 Å². The van der Waals surface area contributed by atoms with E-state index in [0.29, 0.717) is 0 Å². The van der Waals surface area contributed by atoms with Gasteiger partial charge in [-0.25, -0.2) is 0 Å². The lowest BCUT2D eigenvalue weighted by Crippen LogP contribution is -1.85. The van der Waals surface area contributed by atoms with E-state index >= 15 is 0 Å². The van der Waals surface area contributed by atoms with Crippen molar-refractivity contribution in [3.05, 3.63) is 72.8 Å². The number of aliphatic imine (C=N–C) groups is 1. The first-order valence-corrected chi connectivity index (χ1v) is 7.02. The van der Waals surface area contributed by atoms with E-state index in [1.807, 2.05) is 24.5 Å². The van der Waals surface area contributed by atoms with Gasteiger partial charge in [-0.3, -0.25) is 9.97 Å². The quantitative estimate of drug-likeness (QED) is 0.654. The van der Waals surface area contributed by atoms with Crippen LogP contribution in [0.15, 0.2) is 72.2 Å². The molecule has 0 saturated heterocycles. The van der Waals surface area contributed by atoms with E-state index in [-0.39, 0.29) is 0 Å². The maximum absolute atomic E-state index is 4.18. The van der Waals surface area contributed by atoms with Gasteiger partial charge in [0.15, 0.2) is 0 Å². The van der Waals surface area contributed by atoms with Gasteiger partial charge in [-0.1, -0.05) is 24.3 Å². The molecule has 22 heavy (non-hydrogen) atoms. The molecule has 0 aliphatic carbocycles. The maximum Gasteiger partial charge on any atom is 0.0346 e. The molecule has 0 N–H and O–H groups in total. The van der Waals surface area contributed by atoms with Crippen molar-refractivity contribution in [2.24, 2.45) is 4.99 Å². The van der Waals surface area contributed by atoms with Gasteiger partial charge >= 0.3 is 0 Å². The Kier molecular flexibility index (Phi) is 5.55. The molecular weight excluding hydrogens is 270 g/mol. The van der Waals surface area contributed by atoms with Gasteiger partial charge in [0.25, 0.3) is 0 Å². The van der Waals surface area contributed by atoms with E-state index < -0.39 is 0 Å². The summed E-state index contributed by atoms with van der Waals surface area (Å²) >= 11 is 0. The molecule has 0 fully saturated rings. The molecule has 0 saturated carbocycles. The minimum absolute atomic E-state index is 1.14. The average Bonchev–Trinajstić information content (AvgIpc) is 2.57. The van der Waals surface area contributed by atoms with Gasteiger partial charge in [0.2, 0.25) is 0 Å². The Bertz CT molecular complexity index is 664. The molecule has 0 aliphatic rings. The fraction of sp³-hybridized carbons (Fsp3) is 0.105. The van der Waals surface area contributed by atoms with E-state index in [4.69, 9.17) is 0 Å². The predicted octanol–water partition coefficient (Wildman–Crippen LogP) is 4.44. The summed E-state index contributed by atoms with van der Waals surface area (Å²) in [4.78, 5) is 11.6. The zero-order chi connectivity index (χ0) is 15.8. The third kappa shape index (κ3) is 4.09. The minimum Gasteiger partial charge on any atom is -0.304 e. The molecule has 0 spiro atoms. The highest BCUT2D eigenvalue weighted by Crippen LogP contribution is 2.27. The van der Waals surface area contributed by atoms with E-state index in [0.717, 1.165) is 11.1 Å². The molecule has 0 amide bonds. The second-order valence-corrected chi connectivity index (χ2v) is 4.89. The molecule has 3 heteroatoms.